The van der Waals surface area contributed by atoms with Gasteiger partial charge in [0.2, 0.25) is 5.75 Å². The number of fused-ring (bicyclic) bond motifs is 1. The van der Waals surface area contributed by atoms with E-state index in [4.69, 9.17) is 0 Å². The lowest BCUT2D eigenvalue weighted by atomic mass is 10.2. The predicted molar refractivity (Wildman–Crippen MR) is 106 cm³/mol. The molecule has 0 saturated carbocycles. The van der Waals surface area contributed by atoms with E-state index in [9.17, 15) is 23.3 Å². The first-order chi connectivity index (χ1) is 13.9. The molecular weight excluding hydrogens is 399 g/mol. The van der Waals surface area contributed by atoms with Gasteiger partial charge >= 0.3 is 5.56 Å². The molecule has 3 heterocycles. The number of halogens is 1. The van der Waals surface area contributed by atoms with Gasteiger partial charge < -0.3 is 10.4 Å². The van der Waals surface area contributed by atoms with Crippen LogP contribution < -0.4 is 15.2 Å². The van der Waals surface area contributed by atoms with Crippen LogP contribution in [0, 0.1) is 5.82 Å². The van der Waals surface area contributed by atoms with Crippen molar-refractivity contribution in [2.45, 2.75) is 13.0 Å². The maximum Gasteiger partial charge on any atom is 0.300 e. The van der Waals surface area contributed by atoms with E-state index in [1.165, 1.54) is 36.5 Å². The Labute approximate surface area is 167 Å². The van der Waals surface area contributed by atoms with Crippen LogP contribution in [0.4, 0.5) is 10.1 Å². The molecule has 1 atom stereocenters. The Morgan fingerprint density at radius 1 is 1.24 bits per heavy atom. The molecule has 1 amide bonds. The van der Waals surface area contributed by atoms with Gasteiger partial charge in [-0.2, -0.15) is 0 Å². The fraction of sp³-hybridized carbons (Fsp3) is 0.211. The van der Waals surface area contributed by atoms with Crippen molar-refractivity contribution in [1.82, 2.24) is 14.7 Å². The molecule has 2 aromatic heterocycles. The van der Waals surface area contributed by atoms with Gasteiger partial charge in [0.1, 0.15) is 22.5 Å². The highest BCUT2D eigenvalue weighted by Gasteiger charge is 2.23. The Kier molecular flexibility index (Phi) is 5.01. The summed E-state index contributed by atoms with van der Waals surface area (Å²) in [4.78, 5) is 29.1. The molecule has 1 aliphatic rings. The van der Waals surface area contributed by atoms with Gasteiger partial charge in [-0.3, -0.25) is 18.3 Å². The van der Waals surface area contributed by atoms with Gasteiger partial charge in [0, 0.05) is 25.0 Å². The zero-order valence-electron chi connectivity index (χ0n) is 15.2. The summed E-state index contributed by atoms with van der Waals surface area (Å²) in [5.41, 5.74) is 0.210. The molecule has 0 aliphatic carbocycles. The van der Waals surface area contributed by atoms with E-state index in [1.807, 2.05) is 0 Å². The fourth-order valence-electron chi connectivity index (χ4n) is 3.08. The van der Waals surface area contributed by atoms with Gasteiger partial charge in [-0.25, -0.2) is 13.6 Å². The van der Waals surface area contributed by atoms with Crippen molar-refractivity contribution in [2.75, 3.05) is 16.6 Å². The SMILES string of the molecule is O=C(NCc1ccc(F)cc1)c1nc2ccc(N3CCCS3=O)cn2c(=O)c1O. The Bertz CT molecular complexity index is 1180. The summed E-state index contributed by atoms with van der Waals surface area (Å²) in [6, 6.07) is 8.77. The highest BCUT2D eigenvalue weighted by Crippen LogP contribution is 2.22. The second-order valence-corrected chi connectivity index (χ2v) is 8.01. The lowest BCUT2D eigenvalue weighted by molar-refractivity contribution is 0.0942. The number of amides is 1. The summed E-state index contributed by atoms with van der Waals surface area (Å²) >= 11 is 0. The maximum atomic E-state index is 13.0. The largest absolute Gasteiger partial charge is 0.501 e. The number of hydrogen-bond acceptors (Lipinski definition) is 5. The third-order valence-electron chi connectivity index (χ3n) is 4.58. The fourth-order valence-corrected chi connectivity index (χ4v) is 4.36. The molecule has 29 heavy (non-hydrogen) atoms. The molecule has 0 radical (unpaired) electrons. The standard InChI is InChI=1S/C19H17FN4O4S/c20-13-4-2-12(3-5-13)10-21-18(26)16-17(25)19(27)23-11-14(6-7-15(23)22-16)24-8-1-9-29(24)28/h2-7,11,25H,1,8-10H2,(H,21,26). The molecule has 3 aromatic rings. The van der Waals surface area contributed by atoms with Crippen LogP contribution in [0.3, 0.4) is 0 Å². The summed E-state index contributed by atoms with van der Waals surface area (Å²) in [5.74, 6) is -1.34. The van der Waals surface area contributed by atoms with Gasteiger partial charge in [0.25, 0.3) is 5.91 Å². The zero-order valence-corrected chi connectivity index (χ0v) is 16.0. The second-order valence-electron chi connectivity index (χ2n) is 6.52. The molecule has 1 fully saturated rings. The highest BCUT2D eigenvalue weighted by atomic mass is 32.2. The zero-order chi connectivity index (χ0) is 20.5. The first-order valence-corrected chi connectivity index (χ1v) is 10.2. The summed E-state index contributed by atoms with van der Waals surface area (Å²) in [5, 5.41) is 12.8. The molecule has 0 spiro atoms. The Hall–Kier alpha value is -3.27. The number of benzene rings is 1. The number of aromatic hydroxyl groups is 1. The van der Waals surface area contributed by atoms with Gasteiger partial charge in [0.05, 0.1) is 5.69 Å². The average molecular weight is 416 g/mol. The first-order valence-electron chi connectivity index (χ1n) is 8.88. The summed E-state index contributed by atoms with van der Waals surface area (Å²) < 4.78 is 27.8. The molecule has 1 aromatic carbocycles. The van der Waals surface area contributed by atoms with Gasteiger partial charge in [-0.15, -0.1) is 0 Å². The molecule has 0 bridgehead atoms. The molecule has 1 unspecified atom stereocenters. The van der Waals surface area contributed by atoms with Crippen molar-refractivity contribution >= 4 is 28.2 Å². The third kappa shape index (κ3) is 3.70. The number of pyridine rings is 1. The van der Waals surface area contributed by atoms with Crippen molar-refractivity contribution in [2.24, 2.45) is 0 Å². The quantitative estimate of drug-likeness (QED) is 0.668. The minimum absolute atomic E-state index is 0.0827. The van der Waals surface area contributed by atoms with Gasteiger partial charge in [-0.05, 0) is 36.2 Å². The van der Waals surface area contributed by atoms with Crippen molar-refractivity contribution in [3.05, 3.63) is 70.0 Å². The number of nitrogens with one attached hydrogen (secondary N) is 1. The number of nitrogens with zero attached hydrogens (tertiary/aromatic N) is 3. The molecule has 2 N–H and O–H groups in total. The topological polar surface area (TPSA) is 104 Å². The van der Waals surface area contributed by atoms with Crippen molar-refractivity contribution in [3.63, 3.8) is 0 Å². The number of carbonyl (C=O) groups is 1. The van der Waals surface area contributed by atoms with Crippen LogP contribution in [0.2, 0.25) is 0 Å². The Balaban J connectivity index is 1.62. The number of hydrogen-bond donors (Lipinski definition) is 2. The molecule has 4 rings (SSSR count). The van der Waals surface area contributed by atoms with E-state index in [1.54, 1.807) is 10.4 Å². The van der Waals surface area contributed by atoms with Crippen molar-refractivity contribution in [1.29, 1.82) is 0 Å². The number of rotatable bonds is 4. The van der Waals surface area contributed by atoms with E-state index in [-0.39, 0.29) is 18.0 Å². The lowest BCUT2D eigenvalue weighted by Gasteiger charge is -2.16. The van der Waals surface area contributed by atoms with Crippen molar-refractivity contribution in [3.8, 4) is 5.75 Å². The van der Waals surface area contributed by atoms with Gasteiger partial charge in [-0.1, -0.05) is 12.1 Å². The van der Waals surface area contributed by atoms with E-state index < -0.39 is 33.9 Å². The van der Waals surface area contributed by atoms with Crippen molar-refractivity contribution < 1.29 is 18.5 Å². The minimum atomic E-state index is -1.15. The smallest absolute Gasteiger partial charge is 0.300 e. The highest BCUT2D eigenvalue weighted by molar-refractivity contribution is 7.86. The predicted octanol–water partition coefficient (Wildman–Crippen LogP) is 1.34. The van der Waals surface area contributed by atoms with E-state index in [2.05, 4.69) is 10.3 Å². The van der Waals surface area contributed by atoms with E-state index in [0.717, 1.165) is 10.8 Å². The average Bonchev–Trinajstić information content (AvgIpc) is 3.15. The molecule has 1 aliphatic heterocycles. The third-order valence-corrected chi connectivity index (χ3v) is 6.10. The maximum absolute atomic E-state index is 13.0. The summed E-state index contributed by atoms with van der Waals surface area (Å²) in [6.45, 7) is 0.690. The number of aromatic nitrogens is 2. The van der Waals surface area contributed by atoms with Gasteiger partial charge in [0.15, 0.2) is 5.69 Å². The van der Waals surface area contributed by atoms with Crippen LogP contribution in [-0.2, 0) is 17.5 Å². The second kappa shape index (κ2) is 7.63. The van der Waals surface area contributed by atoms with Crippen LogP contribution >= 0.6 is 0 Å². The van der Waals surface area contributed by atoms with Crippen LogP contribution in [0.5, 0.6) is 5.75 Å². The monoisotopic (exact) mass is 416 g/mol. The van der Waals surface area contributed by atoms with Crippen LogP contribution in [-0.4, -0.2) is 36.9 Å². The molecule has 1 saturated heterocycles. The molecule has 8 nitrogen and oxygen atoms in total. The van der Waals surface area contributed by atoms with E-state index in [0.29, 0.717) is 23.5 Å². The van der Waals surface area contributed by atoms with Crippen LogP contribution in [0.1, 0.15) is 22.5 Å². The summed E-state index contributed by atoms with van der Waals surface area (Å²) in [7, 11) is -1.15. The normalized spacial score (nSPS) is 16.3. The van der Waals surface area contributed by atoms with E-state index >= 15 is 0 Å². The van der Waals surface area contributed by atoms with Crippen LogP contribution in [0.15, 0.2) is 47.4 Å². The Morgan fingerprint density at radius 2 is 2.00 bits per heavy atom. The number of carbonyl (C=O) groups excluding carboxylic acids is 1. The molecule has 10 heteroatoms. The first kappa shape index (κ1) is 19.1. The summed E-state index contributed by atoms with van der Waals surface area (Å²) in [6.07, 6.45) is 2.24. The molecular formula is C19H17FN4O4S. The minimum Gasteiger partial charge on any atom is -0.501 e. The van der Waals surface area contributed by atoms with Crippen LogP contribution in [0.25, 0.3) is 5.65 Å². The lowest BCUT2D eigenvalue weighted by Crippen LogP contribution is -2.28. The Morgan fingerprint density at radius 3 is 2.69 bits per heavy atom. The molecule has 150 valence electrons. The number of anilines is 1.